The zero-order valence-electron chi connectivity index (χ0n) is 25.7. The first-order valence-electron chi connectivity index (χ1n) is 15.1. The summed E-state index contributed by atoms with van der Waals surface area (Å²) in [6, 6.07) is 17.9. The lowest BCUT2D eigenvalue weighted by molar-refractivity contribution is -0.128. The summed E-state index contributed by atoms with van der Waals surface area (Å²) in [5, 5.41) is 0. The van der Waals surface area contributed by atoms with E-state index in [9.17, 15) is 18.0 Å². The number of piperazine rings is 1. The molecule has 1 saturated heterocycles. The molecule has 8 nitrogen and oxygen atoms in total. The van der Waals surface area contributed by atoms with Crippen LogP contribution in [0.15, 0.2) is 54.6 Å². The summed E-state index contributed by atoms with van der Waals surface area (Å²) < 4.78 is 36.2. The number of hydrogen-bond acceptors (Lipinski definition) is 5. The van der Waals surface area contributed by atoms with Gasteiger partial charge in [0.1, 0.15) is 11.5 Å². The SMILES string of the molecule is COc1ccc(-c2cc(C(=O)N3CCN(S(=O)(=O)CC45CCC(CC4=O)C5(C)C)CC3)c(C)n2-c2ccc(C)cc2)cc1. The van der Waals surface area contributed by atoms with Gasteiger partial charge in [-0.05, 0) is 86.1 Å². The van der Waals surface area contributed by atoms with Gasteiger partial charge in [0.25, 0.3) is 5.91 Å². The van der Waals surface area contributed by atoms with Crippen molar-refractivity contribution in [2.75, 3.05) is 39.0 Å². The predicted molar refractivity (Wildman–Crippen MR) is 167 cm³/mol. The molecule has 0 N–H and O–H groups in total. The highest BCUT2D eigenvalue weighted by molar-refractivity contribution is 7.89. The monoisotopic (exact) mass is 603 g/mol. The van der Waals surface area contributed by atoms with Gasteiger partial charge in [-0.2, -0.15) is 4.31 Å². The molecule has 9 heteroatoms. The van der Waals surface area contributed by atoms with Crippen molar-refractivity contribution in [3.63, 3.8) is 0 Å². The van der Waals surface area contributed by atoms with Crippen LogP contribution in [0.2, 0.25) is 0 Å². The summed E-state index contributed by atoms with van der Waals surface area (Å²) >= 11 is 0. The molecule has 2 atom stereocenters. The van der Waals surface area contributed by atoms with Crippen LogP contribution in [-0.4, -0.2) is 72.9 Å². The Balaban J connectivity index is 1.23. The first-order valence-corrected chi connectivity index (χ1v) is 16.7. The molecule has 2 unspecified atom stereocenters. The van der Waals surface area contributed by atoms with Crippen molar-refractivity contribution in [2.24, 2.45) is 16.7 Å². The minimum atomic E-state index is -3.66. The molecule has 6 rings (SSSR count). The summed E-state index contributed by atoms with van der Waals surface area (Å²) in [5.74, 6) is 0.890. The molecule has 1 amide bonds. The average molecular weight is 604 g/mol. The number of hydrogen-bond donors (Lipinski definition) is 0. The summed E-state index contributed by atoms with van der Waals surface area (Å²) in [4.78, 5) is 28.7. The highest BCUT2D eigenvalue weighted by Gasteiger charge is 2.65. The quantitative estimate of drug-likeness (QED) is 0.368. The van der Waals surface area contributed by atoms with Crippen molar-refractivity contribution >= 4 is 21.7 Å². The zero-order valence-corrected chi connectivity index (χ0v) is 26.5. The van der Waals surface area contributed by atoms with Crippen molar-refractivity contribution in [2.45, 2.75) is 47.0 Å². The van der Waals surface area contributed by atoms with Crippen molar-refractivity contribution in [3.05, 3.63) is 71.4 Å². The van der Waals surface area contributed by atoms with Gasteiger partial charge in [-0.25, -0.2) is 8.42 Å². The maximum Gasteiger partial charge on any atom is 0.255 e. The lowest BCUT2D eigenvalue weighted by Gasteiger charge is -2.39. The van der Waals surface area contributed by atoms with Gasteiger partial charge in [0.05, 0.1) is 24.1 Å². The smallest absolute Gasteiger partial charge is 0.255 e. The fraction of sp³-hybridized carbons (Fsp3) is 0.471. The molecule has 2 bridgehead atoms. The normalized spacial score (nSPS) is 23.6. The minimum absolute atomic E-state index is 0.104. The lowest BCUT2D eigenvalue weighted by atomic mass is 9.70. The minimum Gasteiger partial charge on any atom is -0.497 e. The molecule has 0 spiro atoms. The summed E-state index contributed by atoms with van der Waals surface area (Å²) in [6.07, 6.45) is 2.05. The van der Waals surface area contributed by atoms with Crippen LogP contribution in [0.1, 0.15) is 54.7 Å². The Morgan fingerprint density at radius 3 is 2.19 bits per heavy atom. The molecule has 2 aromatic carbocycles. The molecular formula is C34H41N3O5S. The maximum atomic E-state index is 13.9. The second-order valence-corrected chi connectivity index (χ2v) is 15.0. The lowest BCUT2D eigenvalue weighted by Crippen LogP contribution is -2.53. The van der Waals surface area contributed by atoms with E-state index in [1.54, 1.807) is 12.0 Å². The Morgan fingerprint density at radius 1 is 0.977 bits per heavy atom. The summed E-state index contributed by atoms with van der Waals surface area (Å²) in [7, 11) is -2.03. The molecule has 43 heavy (non-hydrogen) atoms. The van der Waals surface area contributed by atoms with Gasteiger partial charge >= 0.3 is 0 Å². The fourth-order valence-corrected chi connectivity index (χ4v) is 9.88. The van der Waals surface area contributed by atoms with Gasteiger partial charge in [-0.15, -0.1) is 0 Å². The number of carbonyl (C=O) groups excluding carboxylic acids is 2. The van der Waals surface area contributed by atoms with Crippen LogP contribution < -0.4 is 4.74 Å². The molecule has 0 radical (unpaired) electrons. The number of methoxy groups -OCH3 is 1. The van der Waals surface area contributed by atoms with Crippen molar-refractivity contribution < 1.29 is 22.7 Å². The van der Waals surface area contributed by atoms with E-state index in [0.717, 1.165) is 40.4 Å². The Kier molecular flexibility index (Phi) is 7.32. The third-order valence-electron chi connectivity index (χ3n) is 10.6. The Labute approximate surface area is 254 Å². The number of rotatable bonds is 7. The summed E-state index contributed by atoms with van der Waals surface area (Å²) in [5.41, 5.74) is 4.28. The molecule has 1 aromatic heterocycles. The largest absolute Gasteiger partial charge is 0.497 e. The van der Waals surface area contributed by atoms with Gasteiger partial charge in [0.2, 0.25) is 10.0 Å². The molecule has 1 aliphatic heterocycles. The number of fused-ring (bicyclic) bond motifs is 2. The van der Waals surface area contributed by atoms with Crippen LogP contribution in [0.4, 0.5) is 0 Å². The number of Topliss-reactive ketones (excluding diaryl/α,β-unsaturated/α-hetero) is 1. The van der Waals surface area contributed by atoms with E-state index in [-0.39, 0.29) is 41.9 Å². The van der Waals surface area contributed by atoms with E-state index in [4.69, 9.17) is 4.74 Å². The van der Waals surface area contributed by atoms with Gasteiger partial charge in [-0.3, -0.25) is 9.59 Å². The molecule has 3 aliphatic rings. The highest BCUT2D eigenvalue weighted by atomic mass is 32.2. The number of ether oxygens (including phenoxy) is 1. The molecule has 3 fully saturated rings. The number of nitrogens with zero attached hydrogens (tertiary/aromatic N) is 3. The van der Waals surface area contributed by atoms with E-state index < -0.39 is 15.4 Å². The molecule has 3 aromatic rings. The number of carbonyl (C=O) groups is 2. The second kappa shape index (κ2) is 10.6. The first-order chi connectivity index (χ1) is 20.4. The van der Waals surface area contributed by atoms with Crippen LogP contribution in [0.3, 0.4) is 0 Å². The average Bonchev–Trinajstić information content (AvgIpc) is 3.52. The van der Waals surface area contributed by atoms with Crippen molar-refractivity contribution in [3.8, 4) is 22.7 Å². The van der Waals surface area contributed by atoms with Crippen LogP contribution >= 0.6 is 0 Å². The zero-order chi connectivity index (χ0) is 30.7. The standard InChI is InChI=1S/C34H41N3O5S/c1-23-6-10-27(11-7-23)37-24(2)29(21-30(37)25-8-12-28(42-5)13-9-25)32(39)35-16-18-36(19-17-35)43(40,41)22-34-15-14-26(20-31(34)38)33(34,3)4/h6-13,21,26H,14-20,22H2,1-5H3. The number of aromatic nitrogens is 1. The topological polar surface area (TPSA) is 88.9 Å². The Morgan fingerprint density at radius 2 is 1.63 bits per heavy atom. The molecule has 2 aliphatic carbocycles. The Hall–Kier alpha value is -3.43. The van der Waals surface area contributed by atoms with E-state index in [1.807, 2.05) is 44.2 Å². The third-order valence-corrected chi connectivity index (χ3v) is 12.7. The predicted octanol–water partition coefficient (Wildman–Crippen LogP) is 5.25. The van der Waals surface area contributed by atoms with Gasteiger partial charge in [0, 0.05) is 49.4 Å². The highest BCUT2D eigenvalue weighted by Crippen LogP contribution is 2.64. The molecular weight excluding hydrogens is 562 g/mol. The number of benzene rings is 2. The van der Waals surface area contributed by atoms with E-state index >= 15 is 0 Å². The molecule has 228 valence electrons. The number of aryl methyl sites for hydroxylation is 1. The molecule has 2 saturated carbocycles. The fourth-order valence-electron chi connectivity index (χ4n) is 7.67. The Bertz CT molecular complexity index is 1670. The molecule has 2 heterocycles. The van der Waals surface area contributed by atoms with E-state index in [1.165, 1.54) is 4.31 Å². The van der Waals surface area contributed by atoms with E-state index in [0.29, 0.717) is 31.5 Å². The van der Waals surface area contributed by atoms with E-state index in [2.05, 4.69) is 42.7 Å². The van der Waals surface area contributed by atoms with Gasteiger partial charge < -0.3 is 14.2 Å². The third kappa shape index (κ3) is 4.81. The van der Waals surface area contributed by atoms with Crippen molar-refractivity contribution in [1.82, 2.24) is 13.8 Å². The number of amides is 1. The van der Waals surface area contributed by atoms with Crippen LogP contribution in [0.5, 0.6) is 5.75 Å². The second-order valence-electron chi connectivity index (χ2n) is 13.0. The first kappa shape index (κ1) is 29.6. The number of sulfonamides is 1. The van der Waals surface area contributed by atoms with Gasteiger partial charge in [0.15, 0.2) is 0 Å². The van der Waals surface area contributed by atoms with Crippen LogP contribution in [-0.2, 0) is 14.8 Å². The maximum absolute atomic E-state index is 13.9. The van der Waals surface area contributed by atoms with Gasteiger partial charge in [-0.1, -0.05) is 31.5 Å². The summed E-state index contributed by atoms with van der Waals surface area (Å²) in [6.45, 7) is 9.18. The van der Waals surface area contributed by atoms with Crippen LogP contribution in [0, 0.1) is 30.6 Å². The van der Waals surface area contributed by atoms with Crippen LogP contribution in [0.25, 0.3) is 16.9 Å². The number of ketones is 1. The van der Waals surface area contributed by atoms with Crippen molar-refractivity contribution in [1.29, 1.82) is 0 Å².